The first kappa shape index (κ1) is 19.5. The molecule has 0 aromatic heterocycles. The van der Waals surface area contributed by atoms with Gasteiger partial charge in [0.25, 0.3) is 0 Å². The smallest absolute Gasteiger partial charge is 0.167 e. The maximum absolute atomic E-state index is 14.2. The first-order chi connectivity index (χ1) is 12.5. The second-order valence-electron chi connectivity index (χ2n) is 7.74. The quantitative estimate of drug-likeness (QED) is 0.797. The van der Waals surface area contributed by atoms with E-state index in [-0.39, 0.29) is 0 Å². The number of nitrogens with zero attached hydrogens (tertiary/aromatic N) is 3. The van der Waals surface area contributed by atoms with Crippen molar-refractivity contribution in [2.45, 2.75) is 32.4 Å². The van der Waals surface area contributed by atoms with Gasteiger partial charge in [-0.2, -0.15) is 0 Å². The molecule has 0 radical (unpaired) electrons. The SMILES string of the molecule is COc1ccc(F)c(F)c1CN1CCC(C(C)N2CCN(C)CC2)CC1. The molecule has 146 valence electrons. The molecule has 1 aromatic carbocycles. The summed E-state index contributed by atoms with van der Waals surface area (Å²) in [5, 5.41) is 0. The van der Waals surface area contributed by atoms with Crippen molar-refractivity contribution in [2.24, 2.45) is 5.92 Å². The normalized spacial score (nSPS) is 22.5. The molecule has 2 fully saturated rings. The van der Waals surface area contributed by atoms with Gasteiger partial charge in [-0.25, -0.2) is 8.78 Å². The van der Waals surface area contributed by atoms with E-state index in [9.17, 15) is 8.78 Å². The first-order valence-electron chi connectivity index (χ1n) is 9.65. The van der Waals surface area contributed by atoms with Gasteiger partial charge in [-0.3, -0.25) is 9.80 Å². The highest BCUT2D eigenvalue weighted by molar-refractivity contribution is 5.35. The molecule has 1 atom stereocenters. The molecule has 2 aliphatic heterocycles. The molecule has 0 bridgehead atoms. The van der Waals surface area contributed by atoms with Crippen LogP contribution >= 0.6 is 0 Å². The van der Waals surface area contributed by atoms with Crippen LogP contribution in [0.15, 0.2) is 12.1 Å². The number of hydrogen-bond donors (Lipinski definition) is 0. The fourth-order valence-corrected chi connectivity index (χ4v) is 4.26. The summed E-state index contributed by atoms with van der Waals surface area (Å²) in [6, 6.07) is 3.23. The number of piperidine rings is 1. The Hall–Kier alpha value is -1.24. The van der Waals surface area contributed by atoms with Crippen molar-refractivity contribution in [2.75, 3.05) is 53.4 Å². The number of halogens is 2. The number of benzene rings is 1. The van der Waals surface area contributed by atoms with Crippen molar-refractivity contribution in [3.63, 3.8) is 0 Å². The van der Waals surface area contributed by atoms with Gasteiger partial charge in [0.2, 0.25) is 0 Å². The van der Waals surface area contributed by atoms with Crippen molar-refractivity contribution < 1.29 is 13.5 Å². The highest BCUT2D eigenvalue weighted by atomic mass is 19.2. The Morgan fingerprint density at radius 1 is 1.08 bits per heavy atom. The summed E-state index contributed by atoms with van der Waals surface area (Å²) < 4.78 is 33.0. The minimum absolute atomic E-state index is 0.332. The molecule has 0 amide bonds. The van der Waals surface area contributed by atoms with Crippen LogP contribution in [0.2, 0.25) is 0 Å². The van der Waals surface area contributed by atoms with Gasteiger partial charge < -0.3 is 9.64 Å². The molecule has 4 nitrogen and oxygen atoms in total. The van der Waals surface area contributed by atoms with E-state index >= 15 is 0 Å². The standard InChI is InChI=1S/C20H31F2N3O/c1-15(25-12-10-23(2)11-13-25)16-6-8-24(9-7-16)14-17-19(26-3)5-4-18(21)20(17)22/h4-5,15-16H,6-14H2,1-3H3. The second-order valence-corrected chi connectivity index (χ2v) is 7.74. The molecular formula is C20H31F2N3O. The Morgan fingerprint density at radius 2 is 1.73 bits per heavy atom. The molecule has 1 aromatic rings. The summed E-state index contributed by atoms with van der Waals surface area (Å²) in [7, 11) is 3.68. The van der Waals surface area contributed by atoms with Crippen LogP contribution in [0.5, 0.6) is 5.75 Å². The molecule has 26 heavy (non-hydrogen) atoms. The Bertz CT molecular complexity index is 597. The van der Waals surface area contributed by atoms with Gasteiger partial charge >= 0.3 is 0 Å². The number of methoxy groups -OCH3 is 1. The highest BCUT2D eigenvalue weighted by Crippen LogP contribution is 2.29. The minimum atomic E-state index is -0.806. The van der Waals surface area contributed by atoms with Crippen LogP contribution < -0.4 is 4.74 Å². The van der Waals surface area contributed by atoms with E-state index in [2.05, 4.69) is 28.7 Å². The Kier molecular flexibility index (Phi) is 6.48. The number of ether oxygens (including phenoxy) is 1. The zero-order chi connectivity index (χ0) is 18.7. The van der Waals surface area contributed by atoms with Gasteiger partial charge in [-0.15, -0.1) is 0 Å². The molecule has 0 saturated carbocycles. The van der Waals surface area contributed by atoms with E-state index in [1.165, 1.54) is 13.2 Å². The third-order valence-corrected chi connectivity index (χ3v) is 6.18. The summed E-state index contributed by atoms with van der Waals surface area (Å²) in [6.45, 7) is 9.16. The highest BCUT2D eigenvalue weighted by Gasteiger charge is 2.29. The van der Waals surface area contributed by atoms with Crippen LogP contribution in [0.4, 0.5) is 8.78 Å². The molecule has 0 N–H and O–H groups in total. The minimum Gasteiger partial charge on any atom is -0.496 e. The van der Waals surface area contributed by atoms with Crippen LogP contribution in [-0.2, 0) is 6.54 Å². The number of piperazine rings is 1. The average molecular weight is 367 g/mol. The lowest BCUT2D eigenvalue weighted by Crippen LogP contribution is -2.51. The molecule has 2 aliphatic rings. The number of likely N-dealkylation sites (N-methyl/N-ethyl adjacent to an activating group) is 1. The van der Waals surface area contributed by atoms with Crippen LogP contribution in [0.1, 0.15) is 25.3 Å². The van der Waals surface area contributed by atoms with Crippen LogP contribution in [0, 0.1) is 17.6 Å². The molecule has 2 heterocycles. The summed E-state index contributed by atoms with van der Waals surface area (Å²) in [5.74, 6) is -0.484. The van der Waals surface area contributed by atoms with Gasteiger partial charge in [-0.1, -0.05) is 0 Å². The zero-order valence-corrected chi connectivity index (χ0v) is 16.2. The lowest BCUT2D eigenvalue weighted by Gasteiger charge is -2.42. The average Bonchev–Trinajstić information content (AvgIpc) is 2.66. The fraction of sp³-hybridized carbons (Fsp3) is 0.700. The Balaban J connectivity index is 1.55. The van der Waals surface area contributed by atoms with E-state index in [0.29, 0.717) is 29.8 Å². The lowest BCUT2D eigenvalue weighted by molar-refractivity contribution is 0.0594. The number of rotatable bonds is 5. The first-order valence-corrected chi connectivity index (χ1v) is 9.65. The van der Waals surface area contributed by atoms with Crippen molar-refractivity contribution >= 4 is 0 Å². The van der Waals surface area contributed by atoms with E-state index < -0.39 is 11.6 Å². The predicted molar refractivity (Wildman–Crippen MR) is 99.4 cm³/mol. The fourth-order valence-electron chi connectivity index (χ4n) is 4.26. The molecule has 3 rings (SSSR count). The maximum atomic E-state index is 14.2. The topological polar surface area (TPSA) is 19.0 Å². The van der Waals surface area contributed by atoms with Crippen molar-refractivity contribution in [3.05, 3.63) is 29.3 Å². The van der Waals surface area contributed by atoms with Gasteiger partial charge in [-0.05, 0) is 58.0 Å². The Labute approximate surface area is 155 Å². The van der Waals surface area contributed by atoms with Crippen molar-refractivity contribution in [1.82, 2.24) is 14.7 Å². The molecule has 0 aliphatic carbocycles. The molecule has 1 unspecified atom stereocenters. The number of hydrogen-bond acceptors (Lipinski definition) is 4. The third-order valence-electron chi connectivity index (χ3n) is 6.18. The predicted octanol–water partition coefficient (Wildman–Crippen LogP) is 2.82. The largest absolute Gasteiger partial charge is 0.496 e. The van der Waals surface area contributed by atoms with E-state index in [0.717, 1.165) is 58.2 Å². The monoisotopic (exact) mass is 367 g/mol. The molecule has 0 spiro atoms. The van der Waals surface area contributed by atoms with E-state index in [4.69, 9.17) is 4.74 Å². The van der Waals surface area contributed by atoms with Crippen molar-refractivity contribution in [3.8, 4) is 5.75 Å². The summed E-state index contributed by atoms with van der Waals surface area (Å²) >= 11 is 0. The van der Waals surface area contributed by atoms with Crippen LogP contribution in [-0.4, -0.2) is 74.2 Å². The van der Waals surface area contributed by atoms with Crippen LogP contribution in [0.3, 0.4) is 0 Å². The van der Waals surface area contributed by atoms with E-state index in [1.54, 1.807) is 0 Å². The van der Waals surface area contributed by atoms with Gasteiger partial charge in [0, 0.05) is 44.3 Å². The third kappa shape index (κ3) is 4.35. The second kappa shape index (κ2) is 8.63. The molecule has 6 heteroatoms. The number of likely N-dealkylation sites (tertiary alicyclic amines) is 1. The van der Waals surface area contributed by atoms with Gasteiger partial charge in [0.05, 0.1) is 7.11 Å². The van der Waals surface area contributed by atoms with Crippen molar-refractivity contribution in [1.29, 1.82) is 0 Å². The Morgan fingerprint density at radius 3 is 2.35 bits per heavy atom. The summed E-state index contributed by atoms with van der Waals surface area (Å²) in [6.07, 6.45) is 2.21. The lowest BCUT2D eigenvalue weighted by atomic mass is 9.89. The summed E-state index contributed by atoms with van der Waals surface area (Å²) in [4.78, 5) is 7.20. The summed E-state index contributed by atoms with van der Waals surface area (Å²) in [5.41, 5.74) is 0.332. The zero-order valence-electron chi connectivity index (χ0n) is 16.2. The molecule has 2 saturated heterocycles. The van der Waals surface area contributed by atoms with E-state index in [1.807, 2.05) is 0 Å². The van der Waals surface area contributed by atoms with Crippen LogP contribution in [0.25, 0.3) is 0 Å². The molecular weight excluding hydrogens is 336 g/mol. The van der Waals surface area contributed by atoms with Gasteiger partial charge in [0.15, 0.2) is 11.6 Å². The van der Waals surface area contributed by atoms with Gasteiger partial charge in [0.1, 0.15) is 5.75 Å². The maximum Gasteiger partial charge on any atom is 0.167 e.